The van der Waals surface area contributed by atoms with Crippen molar-refractivity contribution >= 4 is 38.6 Å². The van der Waals surface area contributed by atoms with E-state index in [1.165, 1.54) is 6.07 Å². The molecule has 0 amide bonds. The number of hydrogen-bond donors (Lipinski definition) is 1. The molecule has 0 saturated heterocycles. The van der Waals surface area contributed by atoms with Crippen LogP contribution in [-0.4, -0.2) is 9.91 Å². The van der Waals surface area contributed by atoms with Crippen molar-refractivity contribution in [3.8, 4) is 0 Å². The Morgan fingerprint density at radius 3 is 2.79 bits per heavy atom. The Hall–Kier alpha value is -1.47. The zero-order valence-corrected chi connectivity index (χ0v) is 12.8. The number of aromatic nitrogens is 1. The van der Waals surface area contributed by atoms with Gasteiger partial charge in [0.2, 0.25) is 0 Å². The van der Waals surface area contributed by atoms with Gasteiger partial charge in [-0.05, 0) is 26.0 Å². The number of nitro benzene ring substituents is 1. The summed E-state index contributed by atoms with van der Waals surface area (Å²) in [6.45, 7) is 4.43. The second-order valence-electron chi connectivity index (χ2n) is 4.01. The van der Waals surface area contributed by atoms with Crippen LogP contribution in [0.2, 0.25) is 0 Å². The summed E-state index contributed by atoms with van der Waals surface area (Å²) >= 11 is 4.83. The van der Waals surface area contributed by atoms with E-state index in [4.69, 9.17) is 0 Å². The number of nitrogens with zero attached hydrogens (tertiary/aromatic N) is 2. The van der Waals surface area contributed by atoms with E-state index in [1.54, 1.807) is 23.5 Å². The molecule has 0 aliphatic rings. The van der Waals surface area contributed by atoms with E-state index in [-0.39, 0.29) is 5.69 Å². The molecule has 1 aromatic heterocycles. The molecule has 0 saturated carbocycles. The fourth-order valence-electron chi connectivity index (χ4n) is 1.72. The monoisotopic (exact) mass is 341 g/mol. The Morgan fingerprint density at radius 2 is 2.21 bits per heavy atom. The number of nitro groups is 1. The average molecular weight is 342 g/mol. The third-order valence-corrected chi connectivity index (χ3v) is 4.16. The summed E-state index contributed by atoms with van der Waals surface area (Å²) in [6.07, 6.45) is 0. The van der Waals surface area contributed by atoms with E-state index < -0.39 is 4.92 Å². The van der Waals surface area contributed by atoms with Crippen LogP contribution in [0.15, 0.2) is 22.7 Å². The Morgan fingerprint density at radius 1 is 1.47 bits per heavy atom. The molecule has 0 bridgehead atoms. The summed E-state index contributed by atoms with van der Waals surface area (Å²) in [7, 11) is 0. The average Bonchev–Trinajstić information content (AvgIpc) is 2.66. The number of anilines is 1. The first kappa shape index (κ1) is 14.0. The molecule has 0 spiro atoms. The molecule has 0 aliphatic carbocycles. The highest BCUT2D eigenvalue weighted by atomic mass is 79.9. The highest BCUT2D eigenvalue weighted by molar-refractivity contribution is 9.10. The molecule has 1 aromatic carbocycles. The zero-order chi connectivity index (χ0) is 14.0. The van der Waals surface area contributed by atoms with Gasteiger partial charge in [-0.15, -0.1) is 11.3 Å². The fourth-order valence-corrected chi connectivity index (χ4v) is 2.94. The van der Waals surface area contributed by atoms with E-state index in [9.17, 15) is 10.1 Å². The number of hydrogen-bond acceptors (Lipinski definition) is 5. The van der Waals surface area contributed by atoms with E-state index in [0.29, 0.717) is 16.7 Å². The van der Waals surface area contributed by atoms with Gasteiger partial charge in [-0.2, -0.15) is 0 Å². The summed E-state index contributed by atoms with van der Waals surface area (Å²) in [5.41, 5.74) is 1.54. The first-order chi connectivity index (χ1) is 8.97. The maximum atomic E-state index is 11.0. The van der Waals surface area contributed by atoms with Crippen LogP contribution in [0.5, 0.6) is 0 Å². The molecule has 5 nitrogen and oxygen atoms in total. The first-order valence-electron chi connectivity index (χ1n) is 5.58. The lowest BCUT2D eigenvalue weighted by atomic mass is 10.2. The van der Waals surface area contributed by atoms with Crippen molar-refractivity contribution in [2.24, 2.45) is 0 Å². The summed E-state index contributed by atoms with van der Waals surface area (Å²) in [5.74, 6) is 0. The molecule has 0 unspecified atom stereocenters. The third-order valence-electron chi connectivity index (χ3n) is 2.60. The molecule has 7 heteroatoms. The molecule has 0 atom stereocenters. The Kier molecular flexibility index (Phi) is 4.16. The van der Waals surface area contributed by atoms with Gasteiger partial charge in [0.25, 0.3) is 5.69 Å². The lowest BCUT2D eigenvalue weighted by Crippen LogP contribution is -2.02. The van der Waals surface area contributed by atoms with Gasteiger partial charge < -0.3 is 5.32 Å². The molecular formula is C12H12BrN3O2S. The highest BCUT2D eigenvalue weighted by Crippen LogP contribution is 2.29. The molecule has 0 fully saturated rings. The topological polar surface area (TPSA) is 68.1 Å². The van der Waals surface area contributed by atoms with E-state index >= 15 is 0 Å². The van der Waals surface area contributed by atoms with E-state index in [0.717, 1.165) is 15.6 Å². The van der Waals surface area contributed by atoms with Crippen LogP contribution < -0.4 is 5.32 Å². The van der Waals surface area contributed by atoms with Crippen LogP contribution in [0.4, 0.5) is 11.4 Å². The SMILES string of the molecule is Cc1nc(C)c(CNc2ccc(Br)cc2[N+](=O)[O-])s1. The van der Waals surface area contributed by atoms with Crippen molar-refractivity contribution in [1.29, 1.82) is 0 Å². The normalized spacial score (nSPS) is 10.5. The Labute approximate surface area is 123 Å². The molecule has 0 radical (unpaired) electrons. The number of aryl methyl sites for hydroxylation is 2. The third kappa shape index (κ3) is 3.30. The molecule has 19 heavy (non-hydrogen) atoms. The van der Waals surface area contributed by atoms with Crippen molar-refractivity contribution in [1.82, 2.24) is 4.98 Å². The van der Waals surface area contributed by atoms with Gasteiger partial charge in [-0.25, -0.2) is 4.98 Å². The van der Waals surface area contributed by atoms with Crippen molar-refractivity contribution in [2.45, 2.75) is 20.4 Å². The second kappa shape index (κ2) is 5.66. The Balaban J connectivity index is 2.20. The van der Waals surface area contributed by atoms with Gasteiger partial charge in [0.15, 0.2) is 0 Å². The zero-order valence-electron chi connectivity index (χ0n) is 10.4. The Bertz CT molecular complexity index is 627. The highest BCUT2D eigenvalue weighted by Gasteiger charge is 2.14. The van der Waals surface area contributed by atoms with Crippen LogP contribution in [0, 0.1) is 24.0 Å². The minimum Gasteiger partial charge on any atom is -0.375 e. The van der Waals surface area contributed by atoms with E-state index in [2.05, 4.69) is 26.2 Å². The molecule has 1 N–H and O–H groups in total. The molecule has 2 rings (SSSR count). The minimum atomic E-state index is -0.391. The summed E-state index contributed by atoms with van der Waals surface area (Å²) in [4.78, 5) is 16.0. The summed E-state index contributed by atoms with van der Waals surface area (Å²) in [5, 5.41) is 15.1. The number of benzene rings is 1. The second-order valence-corrected chi connectivity index (χ2v) is 6.22. The smallest absolute Gasteiger partial charge is 0.293 e. The number of halogens is 1. The van der Waals surface area contributed by atoms with Crippen molar-refractivity contribution < 1.29 is 4.92 Å². The molecular weight excluding hydrogens is 330 g/mol. The van der Waals surface area contributed by atoms with Crippen molar-refractivity contribution in [3.05, 3.63) is 48.4 Å². The van der Waals surface area contributed by atoms with Crippen LogP contribution in [0.25, 0.3) is 0 Å². The van der Waals surface area contributed by atoms with Gasteiger partial charge in [-0.1, -0.05) is 15.9 Å². The summed E-state index contributed by atoms with van der Waals surface area (Å²) < 4.78 is 0.689. The van der Waals surface area contributed by atoms with Gasteiger partial charge in [-0.3, -0.25) is 10.1 Å². The van der Waals surface area contributed by atoms with Crippen LogP contribution >= 0.6 is 27.3 Å². The fraction of sp³-hybridized carbons (Fsp3) is 0.250. The largest absolute Gasteiger partial charge is 0.375 e. The van der Waals surface area contributed by atoms with Crippen molar-refractivity contribution in [3.63, 3.8) is 0 Å². The number of thiazole rings is 1. The quantitative estimate of drug-likeness (QED) is 0.672. The van der Waals surface area contributed by atoms with Gasteiger partial charge in [0.1, 0.15) is 5.69 Å². The van der Waals surface area contributed by atoms with Crippen molar-refractivity contribution in [2.75, 3.05) is 5.32 Å². The predicted molar refractivity (Wildman–Crippen MR) is 79.7 cm³/mol. The maximum Gasteiger partial charge on any atom is 0.293 e. The van der Waals surface area contributed by atoms with Gasteiger partial charge >= 0.3 is 0 Å². The number of rotatable bonds is 4. The standard InChI is InChI=1S/C12H12BrN3O2S/c1-7-12(19-8(2)15-7)6-14-10-4-3-9(13)5-11(10)16(17)18/h3-5,14H,6H2,1-2H3. The van der Waals surface area contributed by atoms with E-state index in [1.807, 2.05) is 13.8 Å². The lowest BCUT2D eigenvalue weighted by Gasteiger charge is -2.06. The molecule has 1 heterocycles. The van der Waals surface area contributed by atoms with Gasteiger partial charge in [0, 0.05) is 15.4 Å². The maximum absolute atomic E-state index is 11.0. The minimum absolute atomic E-state index is 0.0632. The molecule has 100 valence electrons. The van der Waals surface area contributed by atoms with Gasteiger partial charge in [0.05, 0.1) is 22.2 Å². The van der Waals surface area contributed by atoms with Crippen LogP contribution in [0.3, 0.4) is 0 Å². The molecule has 0 aliphatic heterocycles. The van der Waals surface area contributed by atoms with Crippen LogP contribution in [0.1, 0.15) is 15.6 Å². The lowest BCUT2D eigenvalue weighted by molar-refractivity contribution is -0.384. The first-order valence-corrected chi connectivity index (χ1v) is 7.19. The summed E-state index contributed by atoms with van der Waals surface area (Å²) in [6, 6.07) is 4.97. The number of nitrogens with one attached hydrogen (secondary N) is 1. The molecule has 2 aromatic rings. The van der Waals surface area contributed by atoms with Crippen LogP contribution in [-0.2, 0) is 6.54 Å². The predicted octanol–water partition coefficient (Wildman–Crippen LogP) is 4.04.